The van der Waals surface area contributed by atoms with Crippen molar-refractivity contribution < 1.29 is 14.2 Å². The standard InChI is InChI=1S/C15H29NO3/c1-3-4-13(17-2)14(16)12-5-8-19-15(11-12)6-9-18-10-7-15/h12-14H,3-11,16H2,1-2H3. The minimum Gasteiger partial charge on any atom is -0.381 e. The highest BCUT2D eigenvalue weighted by Crippen LogP contribution is 2.38. The second kappa shape index (κ2) is 7.02. The molecule has 2 fully saturated rings. The third-order valence-electron chi connectivity index (χ3n) is 4.78. The molecule has 2 aliphatic heterocycles. The second-order valence-corrected chi connectivity index (χ2v) is 6.04. The van der Waals surface area contributed by atoms with Crippen molar-refractivity contribution in [2.24, 2.45) is 11.7 Å². The molecule has 0 amide bonds. The molecular formula is C15H29NO3. The Morgan fingerprint density at radius 3 is 2.68 bits per heavy atom. The molecule has 4 heteroatoms. The number of nitrogens with two attached hydrogens (primary N) is 1. The van der Waals surface area contributed by atoms with Crippen LogP contribution in [0.15, 0.2) is 0 Å². The van der Waals surface area contributed by atoms with E-state index in [1.807, 2.05) is 0 Å². The van der Waals surface area contributed by atoms with Gasteiger partial charge in [0.15, 0.2) is 0 Å². The Bertz CT molecular complexity index is 261. The Hall–Kier alpha value is -0.160. The van der Waals surface area contributed by atoms with Crippen molar-refractivity contribution in [2.75, 3.05) is 26.9 Å². The van der Waals surface area contributed by atoms with E-state index in [1.54, 1.807) is 7.11 Å². The second-order valence-electron chi connectivity index (χ2n) is 6.04. The van der Waals surface area contributed by atoms with E-state index in [9.17, 15) is 0 Å². The monoisotopic (exact) mass is 271 g/mol. The minimum absolute atomic E-state index is 0.0310. The molecule has 112 valence electrons. The molecule has 0 aromatic rings. The molecule has 3 atom stereocenters. The van der Waals surface area contributed by atoms with Crippen LogP contribution in [-0.4, -0.2) is 44.7 Å². The average molecular weight is 271 g/mol. The zero-order chi connectivity index (χ0) is 13.7. The van der Waals surface area contributed by atoms with Crippen LogP contribution in [0.2, 0.25) is 0 Å². The van der Waals surface area contributed by atoms with Crippen molar-refractivity contribution in [3.63, 3.8) is 0 Å². The zero-order valence-electron chi connectivity index (χ0n) is 12.4. The van der Waals surface area contributed by atoms with Gasteiger partial charge in [-0.25, -0.2) is 0 Å². The molecule has 19 heavy (non-hydrogen) atoms. The predicted molar refractivity (Wildman–Crippen MR) is 75.1 cm³/mol. The largest absolute Gasteiger partial charge is 0.381 e. The van der Waals surface area contributed by atoms with Crippen LogP contribution in [0.1, 0.15) is 45.4 Å². The van der Waals surface area contributed by atoms with Crippen molar-refractivity contribution in [2.45, 2.75) is 63.2 Å². The van der Waals surface area contributed by atoms with Gasteiger partial charge in [0, 0.05) is 33.0 Å². The van der Waals surface area contributed by atoms with Crippen LogP contribution in [0.5, 0.6) is 0 Å². The summed E-state index contributed by atoms with van der Waals surface area (Å²) in [7, 11) is 1.78. The van der Waals surface area contributed by atoms with Crippen LogP contribution >= 0.6 is 0 Å². The molecule has 0 saturated carbocycles. The maximum Gasteiger partial charge on any atom is 0.0729 e. The van der Waals surface area contributed by atoms with Crippen LogP contribution in [0, 0.1) is 5.92 Å². The molecule has 0 bridgehead atoms. The first-order chi connectivity index (χ1) is 9.21. The molecule has 3 unspecified atom stereocenters. The van der Waals surface area contributed by atoms with Crippen LogP contribution < -0.4 is 5.73 Å². The van der Waals surface area contributed by atoms with Crippen molar-refractivity contribution in [1.29, 1.82) is 0 Å². The van der Waals surface area contributed by atoms with E-state index >= 15 is 0 Å². The Balaban J connectivity index is 1.95. The molecule has 2 rings (SSSR count). The number of hydrogen-bond donors (Lipinski definition) is 1. The number of methoxy groups -OCH3 is 1. The van der Waals surface area contributed by atoms with Gasteiger partial charge >= 0.3 is 0 Å². The van der Waals surface area contributed by atoms with E-state index in [-0.39, 0.29) is 17.7 Å². The molecule has 2 saturated heterocycles. The molecule has 0 aliphatic carbocycles. The molecule has 2 N–H and O–H groups in total. The van der Waals surface area contributed by atoms with Gasteiger partial charge < -0.3 is 19.9 Å². The topological polar surface area (TPSA) is 53.7 Å². The summed E-state index contributed by atoms with van der Waals surface area (Å²) in [4.78, 5) is 0. The molecule has 2 heterocycles. The fourth-order valence-electron chi connectivity index (χ4n) is 3.54. The van der Waals surface area contributed by atoms with E-state index in [1.165, 1.54) is 0 Å². The normalized spacial score (nSPS) is 30.2. The maximum atomic E-state index is 6.47. The summed E-state index contributed by atoms with van der Waals surface area (Å²) in [6.07, 6.45) is 6.52. The van der Waals surface area contributed by atoms with Gasteiger partial charge in [-0.2, -0.15) is 0 Å². The van der Waals surface area contributed by atoms with Crippen molar-refractivity contribution in [3.8, 4) is 0 Å². The SMILES string of the molecule is CCCC(OC)C(N)C1CCOC2(CCOCC2)C1. The Morgan fingerprint density at radius 1 is 1.32 bits per heavy atom. The molecule has 0 aromatic heterocycles. The van der Waals surface area contributed by atoms with Gasteiger partial charge in [-0.3, -0.25) is 0 Å². The van der Waals surface area contributed by atoms with Crippen molar-refractivity contribution >= 4 is 0 Å². The van der Waals surface area contributed by atoms with Gasteiger partial charge in [0.1, 0.15) is 0 Å². The summed E-state index contributed by atoms with van der Waals surface area (Å²) >= 11 is 0. The summed E-state index contributed by atoms with van der Waals surface area (Å²) < 4.78 is 17.1. The number of rotatable bonds is 5. The van der Waals surface area contributed by atoms with Gasteiger partial charge in [-0.15, -0.1) is 0 Å². The number of hydrogen-bond acceptors (Lipinski definition) is 4. The van der Waals surface area contributed by atoms with Gasteiger partial charge in [0.2, 0.25) is 0 Å². The molecular weight excluding hydrogens is 242 g/mol. The lowest BCUT2D eigenvalue weighted by atomic mass is 9.76. The molecule has 2 aliphatic rings. The Labute approximate surface area is 117 Å². The lowest BCUT2D eigenvalue weighted by molar-refractivity contribution is -0.152. The van der Waals surface area contributed by atoms with Crippen LogP contribution in [0.4, 0.5) is 0 Å². The number of ether oxygens (including phenoxy) is 3. The van der Waals surface area contributed by atoms with E-state index in [0.29, 0.717) is 5.92 Å². The van der Waals surface area contributed by atoms with Crippen LogP contribution in [-0.2, 0) is 14.2 Å². The fraction of sp³-hybridized carbons (Fsp3) is 1.00. The van der Waals surface area contributed by atoms with Gasteiger partial charge in [-0.05, 0) is 38.0 Å². The third-order valence-corrected chi connectivity index (χ3v) is 4.78. The first kappa shape index (κ1) is 15.2. The lowest BCUT2D eigenvalue weighted by Gasteiger charge is -2.45. The van der Waals surface area contributed by atoms with Crippen LogP contribution in [0.25, 0.3) is 0 Å². The van der Waals surface area contributed by atoms with E-state index < -0.39 is 0 Å². The Kier molecular flexibility index (Phi) is 5.63. The van der Waals surface area contributed by atoms with Gasteiger partial charge in [0.25, 0.3) is 0 Å². The molecule has 1 spiro atoms. The first-order valence-corrected chi connectivity index (χ1v) is 7.71. The summed E-state index contributed by atoms with van der Waals surface area (Å²) in [5.74, 6) is 0.517. The summed E-state index contributed by atoms with van der Waals surface area (Å²) in [5, 5.41) is 0. The highest BCUT2D eigenvalue weighted by Gasteiger charge is 2.41. The van der Waals surface area contributed by atoms with E-state index in [2.05, 4.69) is 6.92 Å². The predicted octanol–water partition coefficient (Wildman–Crippen LogP) is 2.10. The van der Waals surface area contributed by atoms with E-state index in [0.717, 1.165) is 58.3 Å². The lowest BCUT2D eigenvalue weighted by Crippen LogP contribution is -2.51. The summed E-state index contributed by atoms with van der Waals surface area (Å²) in [6.45, 7) is 4.67. The molecule has 0 radical (unpaired) electrons. The van der Waals surface area contributed by atoms with Crippen molar-refractivity contribution in [1.82, 2.24) is 0 Å². The minimum atomic E-state index is 0.0310. The van der Waals surface area contributed by atoms with Gasteiger partial charge in [0.05, 0.1) is 11.7 Å². The smallest absolute Gasteiger partial charge is 0.0729 e. The Morgan fingerprint density at radius 2 is 2.05 bits per heavy atom. The summed E-state index contributed by atoms with van der Waals surface area (Å²) in [6, 6.07) is 0.133. The van der Waals surface area contributed by atoms with Crippen molar-refractivity contribution in [3.05, 3.63) is 0 Å². The zero-order valence-corrected chi connectivity index (χ0v) is 12.4. The molecule has 4 nitrogen and oxygen atoms in total. The summed E-state index contributed by atoms with van der Waals surface area (Å²) in [5.41, 5.74) is 6.50. The quantitative estimate of drug-likeness (QED) is 0.832. The first-order valence-electron chi connectivity index (χ1n) is 7.71. The highest BCUT2D eigenvalue weighted by atomic mass is 16.5. The fourth-order valence-corrected chi connectivity index (χ4v) is 3.54. The molecule has 0 aromatic carbocycles. The highest BCUT2D eigenvalue weighted by molar-refractivity contribution is 4.93. The third kappa shape index (κ3) is 3.69. The van der Waals surface area contributed by atoms with E-state index in [4.69, 9.17) is 19.9 Å². The van der Waals surface area contributed by atoms with Crippen LogP contribution in [0.3, 0.4) is 0 Å². The average Bonchev–Trinajstić information content (AvgIpc) is 2.45. The maximum absolute atomic E-state index is 6.47. The van der Waals surface area contributed by atoms with Gasteiger partial charge in [-0.1, -0.05) is 13.3 Å².